The number of carbonyl (C=O) groups excluding carboxylic acids is 4. The van der Waals surface area contributed by atoms with Gasteiger partial charge in [0.25, 0.3) is 5.91 Å². The van der Waals surface area contributed by atoms with Crippen molar-refractivity contribution in [1.29, 1.82) is 0 Å². The van der Waals surface area contributed by atoms with Crippen LogP contribution in [0, 0.1) is 11.8 Å². The highest BCUT2D eigenvalue weighted by Crippen LogP contribution is 2.23. The highest BCUT2D eigenvalue weighted by atomic mass is 16.5. The molecule has 1 aromatic heterocycles. The summed E-state index contributed by atoms with van der Waals surface area (Å²) in [5, 5.41) is 7.85. The number of pyridine rings is 1. The van der Waals surface area contributed by atoms with Crippen molar-refractivity contribution < 1.29 is 23.9 Å². The van der Waals surface area contributed by atoms with Gasteiger partial charge in [-0.3, -0.25) is 24.2 Å². The first-order valence-electron chi connectivity index (χ1n) is 13.5. The van der Waals surface area contributed by atoms with Crippen LogP contribution < -0.4 is 16.1 Å². The lowest BCUT2D eigenvalue weighted by Gasteiger charge is -2.35. The Morgan fingerprint density at radius 2 is 1.74 bits per heavy atom. The van der Waals surface area contributed by atoms with Crippen LogP contribution in [0.2, 0.25) is 0 Å². The monoisotopic (exact) mass is 535 g/mol. The number of ether oxygens (including phenoxy) is 1. The maximum Gasteiger partial charge on any atom is 0.325 e. The molecule has 2 aliphatic heterocycles. The van der Waals surface area contributed by atoms with Gasteiger partial charge in [-0.15, -0.1) is 0 Å². The number of hydrazine groups is 1. The Balaban J connectivity index is 1.67. The molecule has 0 aliphatic carbocycles. The van der Waals surface area contributed by atoms with E-state index in [4.69, 9.17) is 9.72 Å². The van der Waals surface area contributed by atoms with E-state index in [1.807, 2.05) is 50.3 Å². The fourth-order valence-corrected chi connectivity index (χ4v) is 4.67. The number of fused-ring (bicyclic) bond motifs is 4. The Hall–Kier alpha value is -3.79. The minimum Gasteiger partial charge on any atom is -0.455 e. The van der Waals surface area contributed by atoms with Gasteiger partial charge in [0.2, 0.25) is 11.8 Å². The fraction of sp³-hybridized carbons (Fsp3) is 0.483. The van der Waals surface area contributed by atoms with Crippen LogP contribution in [-0.2, 0) is 23.9 Å². The van der Waals surface area contributed by atoms with Crippen LogP contribution in [0.3, 0.4) is 0 Å². The molecule has 4 rings (SSSR count). The van der Waals surface area contributed by atoms with Crippen LogP contribution in [0.5, 0.6) is 0 Å². The third-order valence-electron chi connectivity index (χ3n) is 7.15. The highest BCUT2D eigenvalue weighted by Gasteiger charge is 2.34. The first kappa shape index (κ1) is 28.2. The van der Waals surface area contributed by atoms with E-state index in [2.05, 4.69) is 16.1 Å². The summed E-state index contributed by atoms with van der Waals surface area (Å²) in [6.07, 6.45) is 4.12. The van der Waals surface area contributed by atoms with Gasteiger partial charge in [-0.2, -0.15) is 0 Å². The van der Waals surface area contributed by atoms with Gasteiger partial charge >= 0.3 is 5.97 Å². The van der Waals surface area contributed by atoms with Crippen LogP contribution in [-0.4, -0.2) is 58.4 Å². The molecule has 1 saturated heterocycles. The minimum atomic E-state index is -0.870. The van der Waals surface area contributed by atoms with Crippen LogP contribution in [0.15, 0.2) is 36.4 Å². The predicted molar refractivity (Wildman–Crippen MR) is 147 cm³/mol. The molecule has 10 heteroatoms. The summed E-state index contributed by atoms with van der Waals surface area (Å²) >= 11 is 0. The largest absolute Gasteiger partial charge is 0.455 e. The fourth-order valence-electron chi connectivity index (χ4n) is 4.67. The number of amides is 3. The lowest BCUT2D eigenvalue weighted by molar-refractivity contribution is -0.157. The number of rotatable bonds is 1. The van der Waals surface area contributed by atoms with E-state index in [0.717, 1.165) is 16.5 Å². The lowest BCUT2D eigenvalue weighted by Crippen LogP contribution is -2.61. The molecule has 2 aliphatic rings. The Bertz CT molecular complexity index is 1290. The van der Waals surface area contributed by atoms with Crippen molar-refractivity contribution in [2.24, 2.45) is 11.8 Å². The SMILES string of the molecule is CC(C)[C@@H]1NC(=O)[C@@H](C)/C=C/c2ccc3ccc(nc3c2)[C@@H](C)OC(=O)[C@@H]2CCCN(N2)C(=O)[C@H](C)NC1=O. The Morgan fingerprint density at radius 3 is 2.49 bits per heavy atom. The summed E-state index contributed by atoms with van der Waals surface area (Å²) < 4.78 is 5.73. The zero-order valence-electron chi connectivity index (χ0n) is 23.1. The number of nitrogens with zero attached hydrogens (tertiary/aromatic N) is 2. The van der Waals surface area contributed by atoms with Gasteiger partial charge in [0.15, 0.2) is 0 Å². The second kappa shape index (κ2) is 11.9. The van der Waals surface area contributed by atoms with Crippen LogP contribution in [0.4, 0.5) is 0 Å². The molecule has 1 fully saturated rings. The molecule has 2 aromatic rings. The van der Waals surface area contributed by atoms with E-state index in [0.29, 0.717) is 25.1 Å². The number of esters is 1. The van der Waals surface area contributed by atoms with Gasteiger partial charge in [-0.05, 0) is 50.3 Å². The Morgan fingerprint density at radius 1 is 1.00 bits per heavy atom. The molecular formula is C29H37N5O5. The molecule has 5 bridgehead atoms. The second-order valence-corrected chi connectivity index (χ2v) is 10.7. The predicted octanol–water partition coefficient (Wildman–Crippen LogP) is 2.64. The van der Waals surface area contributed by atoms with Crippen molar-refractivity contribution in [2.75, 3.05) is 6.54 Å². The number of aromatic nitrogens is 1. The topological polar surface area (TPSA) is 130 Å². The summed E-state index contributed by atoms with van der Waals surface area (Å²) in [4.78, 5) is 56.9. The molecule has 3 heterocycles. The lowest BCUT2D eigenvalue weighted by atomic mass is 10.0. The van der Waals surface area contributed by atoms with Crippen molar-refractivity contribution in [2.45, 2.75) is 71.7 Å². The number of cyclic esters (lactones) is 1. The number of carbonyl (C=O) groups is 4. The van der Waals surface area contributed by atoms with Crippen LogP contribution in [0.25, 0.3) is 17.0 Å². The molecule has 10 nitrogen and oxygen atoms in total. The smallest absolute Gasteiger partial charge is 0.325 e. The van der Waals surface area contributed by atoms with Gasteiger partial charge in [-0.1, -0.05) is 51.1 Å². The molecular weight excluding hydrogens is 498 g/mol. The summed E-state index contributed by atoms with van der Waals surface area (Å²) in [5.74, 6) is -2.30. The van der Waals surface area contributed by atoms with E-state index in [1.54, 1.807) is 26.8 Å². The molecule has 3 amide bonds. The highest BCUT2D eigenvalue weighted by molar-refractivity contribution is 5.93. The average molecular weight is 536 g/mol. The molecule has 0 radical (unpaired) electrons. The second-order valence-electron chi connectivity index (χ2n) is 10.7. The first-order valence-corrected chi connectivity index (χ1v) is 13.5. The molecule has 5 atom stereocenters. The number of nitrogens with one attached hydrogen (secondary N) is 3. The number of benzene rings is 1. The maximum atomic E-state index is 13.1. The van der Waals surface area contributed by atoms with E-state index in [-0.39, 0.29) is 17.7 Å². The number of hydrogen-bond donors (Lipinski definition) is 3. The standard InChI is InChI=1S/C29H37N5O5/c1-16(2)25-27(36)30-18(4)28(37)34-14-6-7-23(33-34)29(38)39-19(5)22-13-12-21-11-10-20(15-24(21)31-22)9-8-17(3)26(35)32-25/h8-13,15-19,23,25,33H,6-7,14H2,1-5H3,(H,30,36)(H,32,35)/b9-8+/t17-,18-,19+,23-,25-/m0/s1. The minimum absolute atomic E-state index is 0.205. The van der Waals surface area contributed by atoms with Crippen LogP contribution in [0.1, 0.15) is 64.8 Å². The zero-order chi connectivity index (χ0) is 28.3. The van der Waals surface area contributed by atoms with Crippen molar-refractivity contribution in [3.8, 4) is 0 Å². The van der Waals surface area contributed by atoms with Crippen LogP contribution >= 0.6 is 0 Å². The molecule has 1 aromatic carbocycles. The van der Waals surface area contributed by atoms with Gasteiger partial charge in [-0.25, -0.2) is 10.4 Å². The van der Waals surface area contributed by atoms with Crippen molar-refractivity contribution in [3.05, 3.63) is 47.7 Å². The van der Waals surface area contributed by atoms with Crippen molar-refractivity contribution >= 4 is 40.7 Å². The van der Waals surface area contributed by atoms with Gasteiger partial charge in [0.1, 0.15) is 24.2 Å². The summed E-state index contributed by atoms with van der Waals surface area (Å²) in [6.45, 7) is 9.16. The normalized spacial score (nSPS) is 28.2. The van der Waals surface area contributed by atoms with Crippen molar-refractivity contribution in [3.63, 3.8) is 0 Å². The Labute approximate surface area is 228 Å². The van der Waals surface area contributed by atoms with Gasteiger partial charge in [0.05, 0.1) is 17.1 Å². The van der Waals surface area contributed by atoms with E-state index in [1.165, 1.54) is 5.01 Å². The zero-order valence-corrected chi connectivity index (χ0v) is 23.1. The summed E-state index contributed by atoms with van der Waals surface area (Å²) in [5.41, 5.74) is 5.17. The van der Waals surface area contributed by atoms with Crippen molar-refractivity contribution in [1.82, 2.24) is 26.1 Å². The van der Waals surface area contributed by atoms with Gasteiger partial charge < -0.3 is 15.4 Å². The number of hydrogen-bond acceptors (Lipinski definition) is 7. The summed E-state index contributed by atoms with van der Waals surface area (Å²) in [6, 6.07) is 7.16. The molecule has 0 saturated carbocycles. The molecule has 3 N–H and O–H groups in total. The molecule has 0 unspecified atom stereocenters. The Kier molecular flexibility index (Phi) is 8.64. The first-order chi connectivity index (χ1) is 18.5. The summed E-state index contributed by atoms with van der Waals surface area (Å²) in [7, 11) is 0. The molecule has 0 spiro atoms. The third kappa shape index (κ3) is 6.62. The quantitative estimate of drug-likeness (QED) is 0.479. The maximum absolute atomic E-state index is 13.1. The molecule has 39 heavy (non-hydrogen) atoms. The molecule has 208 valence electrons. The van der Waals surface area contributed by atoms with E-state index >= 15 is 0 Å². The average Bonchev–Trinajstić information content (AvgIpc) is 2.92. The van der Waals surface area contributed by atoms with E-state index in [9.17, 15) is 19.2 Å². The third-order valence-corrected chi connectivity index (χ3v) is 7.15. The van der Waals surface area contributed by atoms with Gasteiger partial charge in [0, 0.05) is 11.9 Å². The van der Waals surface area contributed by atoms with E-state index < -0.39 is 42.0 Å².